The van der Waals surface area contributed by atoms with Crippen molar-refractivity contribution >= 4 is 0 Å². The lowest BCUT2D eigenvalue weighted by molar-refractivity contribution is -0.150. The van der Waals surface area contributed by atoms with E-state index >= 15 is 0 Å². The average molecular weight is 520 g/mol. The summed E-state index contributed by atoms with van der Waals surface area (Å²) in [6, 6.07) is 21.0. The Kier molecular flexibility index (Phi) is 7.27. The number of methoxy groups -OCH3 is 2. The van der Waals surface area contributed by atoms with E-state index < -0.39 is 17.3 Å². The summed E-state index contributed by atoms with van der Waals surface area (Å²) in [4.78, 5) is 2.31. The van der Waals surface area contributed by atoms with Gasteiger partial charge < -0.3 is 34.1 Å². The van der Waals surface area contributed by atoms with Gasteiger partial charge in [0, 0.05) is 24.6 Å². The third-order valence-corrected chi connectivity index (χ3v) is 8.20. The summed E-state index contributed by atoms with van der Waals surface area (Å²) in [5.41, 5.74) is -0.896. The minimum absolute atomic E-state index is 0.317. The van der Waals surface area contributed by atoms with Gasteiger partial charge >= 0.3 is 0 Å². The number of ether oxygens (including phenoxy) is 4. The van der Waals surface area contributed by atoms with Crippen LogP contribution in [0.25, 0.3) is 0 Å². The van der Waals surface area contributed by atoms with Crippen LogP contribution in [0.5, 0.6) is 23.0 Å². The molecule has 0 unspecified atom stereocenters. The third kappa shape index (κ3) is 4.01. The van der Waals surface area contributed by atoms with Crippen molar-refractivity contribution in [2.45, 2.75) is 43.5 Å². The lowest BCUT2D eigenvalue weighted by Crippen LogP contribution is -2.52. The number of fused-ring (bicyclic) bond motifs is 3. The van der Waals surface area contributed by atoms with Gasteiger partial charge in [-0.15, -0.1) is 0 Å². The predicted octanol–water partition coefficient (Wildman–Crippen LogP) is 4.45. The highest BCUT2D eigenvalue weighted by atomic mass is 16.5. The molecule has 7 heteroatoms. The molecule has 0 aromatic heterocycles. The summed E-state index contributed by atoms with van der Waals surface area (Å²) in [5.74, 6) is 1.80. The summed E-state index contributed by atoms with van der Waals surface area (Å²) in [6.45, 7) is 7.68. The van der Waals surface area contributed by atoms with Crippen molar-refractivity contribution < 1.29 is 29.2 Å². The summed E-state index contributed by atoms with van der Waals surface area (Å²) in [5, 5.41) is 24.1. The first kappa shape index (κ1) is 26.4. The number of nitrogens with zero attached hydrogens (tertiary/aromatic N) is 1. The van der Waals surface area contributed by atoms with Crippen LogP contribution in [0.1, 0.15) is 42.9 Å². The average Bonchev–Trinajstić information content (AvgIpc) is 3.36. The lowest BCUT2D eigenvalue weighted by Gasteiger charge is -2.40. The largest absolute Gasteiger partial charge is 0.496 e. The molecule has 5 rings (SSSR count). The summed E-state index contributed by atoms with van der Waals surface area (Å²) >= 11 is 0. The van der Waals surface area contributed by atoms with E-state index in [1.807, 2.05) is 54.6 Å². The van der Waals surface area contributed by atoms with E-state index in [1.165, 1.54) is 0 Å². The molecule has 0 saturated heterocycles. The second-order valence-corrected chi connectivity index (χ2v) is 9.92. The van der Waals surface area contributed by atoms with Crippen molar-refractivity contribution in [2.24, 2.45) is 0 Å². The predicted molar refractivity (Wildman–Crippen MR) is 145 cm³/mol. The van der Waals surface area contributed by atoms with Crippen LogP contribution in [0.3, 0.4) is 0 Å². The fourth-order valence-electron chi connectivity index (χ4n) is 6.22. The van der Waals surface area contributed by atoms with Gasteiger partial charge in [0.25, 0.3) is 0 Å². The highest BCUT2D eigenvalue weighted by molar-refractivity contribution is 5.62. The fraction of sp³-hybridized carbons (Fsp3) is 0.419. The number of aliphatic hydroxyl groups is 2. The van der Waals surface area contributed by atoms with E-state index in [2.05, 4.69) is 18.7 Å². The SMILES string of the molecule is CCN(CC)CCOc1ccc([C@@]23Oc4cc(OC)cc(OC)c4[C@]2(O)[C@H](O)C[C@H]3c2ccccc2)cc1. The third-order valence-electron chi connectivity index (χ3n) is 8.20. The molecule has 3 aromatic carbocycles. The van der Waals surface area contributed by atoms with Crippen molar-refractivity contribution in [3.8, 4) is 23.0 Å². The van der Waals surface area contributed by atoms with Crippen LogP contribution >= 0.6 is 0 Å². The Morgan fingerprint density at radius 3 is 2.29 bits per heavy atom. The van der Waals surface area contributed by atoms with Gasteiger partial charge in [0.15, 0.2) is 11.2 Å². The Morgan fingerprint density at radius 2 is 1.66 bits per heavy atom. The van der Waals surface area contributed by atoms with Gasteiger partial charge in [-0.2, -0.15) is 0 Å². The molecule has 2 aliphatic rings. The summed E-state index contributed by atoms with van der Waals surface area (Å²) in [6.07, 6.45) is -0.779. The molecule has 1 aliphatic heterocycles. The first-order valence-corrected chi connectivity index (χ1v) is 13.3. The van der Waals surface area contributed by atoms with Crippen LogP contribution in [0, 0.1) is 0 Å². The maximum atomic E-state index is 12.6. The number of likely N-dealkylation sites (N-methyl/N-ethyl adjacent to an activating group) is 1. The van der Waals surface area contributed by atoms with Gasteiger partial charge in [0.1, 0.15) is 29.6 Å². The molecule has 4 atom stereocenters. The highest BCUT2D eigenvalue weighted by Crippen LogP contribution is 2.68. The smallest absolute Gasteiger partial charge is 0.176 e. The molecule has 1 saturated carbocycles. The normalized spacial score (nSPS) is 25.6. The van der Waals surface area contributed by atoms with Gasteiger partial charge in [-0.3, -0.25) is 0 Å². The Morgan fingerprint density at radius 1 is 0.947 bits per heavy atom. The van der Waals surface area contributed by atoms with Gasteiger partial charge in [-0.25, -0.2) is 0 Å². The molecule has 1 fully saturated rings. The maximum absolute atomic E-state index is 12.6. The van der Waals surface area contributed by atoms with Crippen LogP contribution in [0.15, 0.2) is 66.7 Å². The monoisotopic (exact) mass is 519 g/mol. The van der Waals surface area contributed by atoms with Crippen molar-refractivity contribution in [1.82, 2.24) is 4.90 Å². The number of hydrogen-bond donors (Lipinski definition) is 2. The minimum atomic E-state index is -1.76. The molecule has 0 radical (unpaired) electrons. The molecule has 2 N–H and O–H groups in total. The van der Waals surface area contributed by atoms with E-state index in [4.69, 9.17) is 18.9 Å². The summed E-state index contributed by atoms with van der Waals surface area (Å²) in [7, 11) is 3.11. The molecule has 0 amide bonds. The zero-order valence-corrected chi connectivity index (χ0v) is 22.5. The van der Waals surface area contributed by atoms with Crippen molar-refractivity contribution in [3.63, 3.8) is 0 Å². The van der Waals surface area contributed by atoms with Crippen molar-refractivity contribution in [2.75, 3.05) is 40.5 Å². The molecule has 1 aliphatic carbocycles. The fourth-order valence-corrected chi connectivity index (χ4v) is 6.22. The van der Waals surface area contributed by atoms with Gasteiger partial charge in [-0.05, 0) is 42.8 Å². The van der Waals surface area contributed by atoms with Crippen LogP contribution in [-0.2, 0) is 11.2 Å². The molecular formula is C31H37NO6. The standard InChI is InChI=1S/C31H37NO6/c1-5-32(6-2)16-17-37-23-14-12-22(13-15-23)31-25(21-10-8-7-9-11-21)20-28(33)30(31,34)29-26(36-4)18-24(35-3)19-27(29)38-31/h7-15,18-19,25,28,33-34H,5-6,16-17,20H2,1-4H3/t25-,28+,30+,31-/m0/s1. The van der Waals surface area contributed by atoms with E-state index in [1.54, 1.807) is 26.4 Å². The van der Waals surface area contributed by atoms with Gasteiger partial charge in [-0.1, -0.05) is 56.3 Å². The second-order valence-electron chi connectivity index (χ2n) is 9.92. The number of aliphatic hydroxyl groups excluding tert-OH is 1. The minimum Gasteiger partial charge on any atom is -0.496 e. The first-order valence-electron chi connectivity index (χ1n) is 13.3. The number of rotatable bonds is 10. The zero-order valence-electron chi connectivity index (χ0n) is 22.5. The highest BCUT2D eigenvalue weighted by Gasteiger charge is 2.73. The van der Waals surface area contributed by atoms with E-state index in [0.29, 0.717) is 35.8 Å². The van der Waals surface area contributed by atoms with Crippen molar-refractivity contribution in [3.05, 3.63) is 83.4 Å². The molecule has 0 spiro atoms. The van der Waals surface area contributed by atoms with Crippen LogP contribution in [0.2, 0.25) is 0 Å². The van der Waals surface area contributed by atoms with Gasteiger partial charge in [0.2, 0.25) is 0 Å². The topological polar surface area (TPSA) is 80.6 Å². The molecule has 7 nitrogen and oxygen atoms in total. The second kappa shape index (κ2) is 10.5. The van der Waals surface area contributed by atoms with E-state index in [9.17, 15) is 10.2 Å². The van der Waals surface area contributed by atoms with Crippen LogP contribution in [0.4, 0.5) is 0 Å². The number of hydrogen-bond acceptors (Lipinski definition) is 7. The maximum Gasteiger partial charge on any atom is 0.176 e. The van der Waals surface area contributed by atoms with E-state index in [0.717, 1.165) is 36.5 Å². The lowest BCUT2D eigenvalue weighted by atomic mass is 9.71. The Bertz CT molecular complexity index is 1250. The quantitative estimate of drug-likeness (QED) is 0.410. The molecular weight excluding hydrogens is 482 g/mol. The van der Waals surface area contributed by atoms with Crippen molar-refractivity contribution in [1.29, 1.82) is 0 Å². The van der Waals surface area contributed by atoms with Gasteiger partial charge in [0.05, 0.1) is 25.9 Å². The molecule has 38 heavy (non-hydrogen) atoms. The first-order chi connectivity index (χ1) is 18.4. The molecule has 3 aromatic rings. The van der Waals surface area contributed by atoms with Crippen LogP contribution < -0.4 is 18.9 Å². The zero-order chi connectivity index (χ0) is 26.9. The molecule has 202 valence electrons. The Hall–Kier alpha value is -3.26. The molecule has 1 heterocycles. The Labute approximate surface area is 224 Å². The summed E-state index contributed by atoms with van der Waals surface area (Å²) < 4.78 is 24.0. The number of benzene rings is 3. The Balaban J connectivity index is 1.59. The molecule has 0 bridgehead atoms. The van der Waals surface area contributed by atoms with Crippen LogP contribution in [-0.4, -0.2) is 61.7 Å². The van der Waals surface area contributed by atoms with E-state index in [-0.39, 0.29) is 5.92 Å².